The summed E-state index contributed by atoms with van der Waals surface area (Å²) < 4.78 is 86.8. The molecule has 15 heteroatoms. The molecule has 3 rings (SSSR count). The van der Waals surface area contributed by atoms with Gasteiger partial charge in [-0.2, -0.15) is 21.6 Å². The van der Waals surface area contributed by atoms with Crippen molar-refractivity contribution in [2.45, 2.75) is 29.7 Å². The maximum absolute atomic E-state index is 13.1. The van der Waals surface area contributed by atoms with Gasteiger partial charge in [0, 0.05) is 29.9 Å². The van der Waals surface area contributed by atoms with Crippen LogP contribution < -0.4 is 4.72 Å². The second-order valence-electron chi connectivity index (χ2n) is 7.45. The van der Waals surface area contributed by atoms with Crippen molar-refractivity contribution in [1.82, 2.24) is 4.72 Å². The molecule has 0 radical (unpaired) electrons. The van der Waals surface area contributed by atoms with E-state index in [4.69, 9.17) is 0 Å². The van der Waals surface area contributed by atoms with E-state index >= 15 is 0 Å². The van der Waals surface area contributed by atoms with Gasteiger partial charge in [-0.25, -0.2) is 8.42 Å². The van der Waals surface area contributed by atoms with Gasteiger partial charge in [-0.05, 0) is 31.4 Å². The van der Waals surface area contributed by atoms with E-state index in [9.17, 15) is 49.7 Å². The van der Waals surface area contributed by atoms with Gasteiger partial charge in [0.05, 0.1) is 15.4 Å². The molecule has 2 aliphatic carbocycles. The van der Waals surface area contributed by atoms with Crippen LogP contribution in [0, 0.1) is 22.0 Å². The van der Waals surface area contributed by atoms with Gasteiger partial charge in [0.1, 0.15) is 5.56 Å². The summed E-state index contributed by atoms with van der Waals surface area (Å²) in [5.74, 6) is -3.90. The number of ketones is 2. The van der Waals surface area contributed by atoms with Crippen molar-refractivity contribution in [2.75, 3.05) is 6.26 Å². The molecular formula is C17H15F3N2O8S2. The largest absolute Gasteiger partial charge is 0.516 e. The molecule has 32 heavy (non-hydrogen) atoms. The van der Waals surface area contributed by atoms with Gasteiger partial charge in [0.25, 0.3) is 5.69 Å². The number of nitrogens with zero attached hydrogens (tertiary/aromatic N) is 1. The lowest BCUT2D eigenvalue weighted by Gasteiger charge is -2.26. The van der Waals surface area contributed by atoms with Crippen LogP contribution in [0.1, 0.15) is 29.6 Å². The topological polar surface area (TPSA) is 158 Å². The molecule has 0 amide bonds. The Kier molecular flexibility index (Phi) is 5.70. The fraction of sp³-hybridized carbons (Fsp3) is 0.412. The van der Waals surface area contributed by atoms with E-state index in [0.717, 1.165) is 18.4 Å². The van der Waals surface area contributed by atoms with Gasteiger partial charge in [-0.3, -0.25) is 24.4 Å². The first kappa shape index (κ1) is 23.8. The van der Waals surface area contributed by atoms with Crippen molar-refractivity contribution in [1.29, 1.82) is 0 Å². The van der Waals surface area contributed by atoms with Crippen LogP contribution in [0.5, 0.6) is 0 Å². The van der Waals surface area contributed by atoms with Crippen LogP contribution >= 0.6 is 0 Å². The molecule has 0 saturated heterocycles. The molecule has 0 spiro atoms. The number of hydrogen-bond donors (Lipinski definition) is 1. The minimum Gasteiger partial charge on any atom is -0.294 e. The molecule has 1 N–H and O–H groups in total. The molecule has 1 fully saturated rings. The molecular weight excluding hydrogens is 481 g/mol. The second-order valence-corrected chi connectivity index (χ2v) is 11.1. The average molecular weight is 496 g/mol. The van der Waals surface area contributed by atoms with Gasteiger partial charge < -0.3 is 0 Å². The van der Waals surface area contributed by atoms with Crippen LogP contribution in [0.2, 0.25) is 0 Å². The van der Waals surface area contributed by atoms with Crippen LogP contribution in [-0.2, 0) is 24.7 Å². The van der Waals surface area contributed by atoms with Crippen LogP contribution in [0.25, 0.3) is 0 Å². The Morgan fingerprint density at radius 3 is 2.28 bits per heavy atom. The Labute approximate surface area is 179 Å². The third kappa shape index (κ3) is 4.13. The number of hydrogen-bond acceptors (Lipinski definition) is 8. The maximum Gasteiger partial charge on any atom is 0.516 e. The second kappa shape index (κ2) is 7.65. The van der Waals surface area contributed by atoms with E-state index in [-0.39, 0.29) is 19.3 Å². The number of fused-ring (bicyclic) bond motifs is 2. The molecule has 10 nitrogen and oxygen atoms in total. The van der Waals surface area contributed by atoms with Crippen LogP contribution in [0.4, 0.5) is 18.9 Å². The molecule has 1 aromatic rings. The number of Topliss-reactive ketones (excluding diaryl/α,β-unsaturated/α-hetero) is 2. The zero-order valence-corrected chi connectivity index (χ0v) is 17.8. The molecule has 0 heterocycles. The summed E-state index contributed by atoms with van der Waals surface area (Å²) in [7, 11) is -9.88. The lowest BCUT2D eigenvalue weighted by atomic mass is 9.82. The average Bonchev–Trinajstić information content (AvgIpc) is 3.10. The number of sulfonamides is 1. The normalized spacial score (nSPS) is 21.6. The smallest absolute Gasteiger partial charge is 0.294 e. The number of carbonyl (C=O) groups is 2. The van der Waals surface area contributed by atoms with E-state index in [1.165, 1.54) is 4.72 Å². The third-order valence-electron chi connectivity index (χ3n) is 5.34. The van der Waals surface area contributed by atoms with Crippen molar-refractivity contribution in [3.8, 4) is 0 Å². The summed E-state index contributed by atoms with van der Waals surface area (Å²) in [6.45, 7) is 0. The number of benzene rings is 1. The number of nitro benzene ring substituents is 1. The highest BCUT2D eigenvalue weighted by atomic mass is 32.2. The summed E-state index contributed by atoms with van der Waals surface area (Å²) in [5.41, 5.74) is -9.14. The number of nitrogens with one attached hydrogen (secondary N) is 1. The van der Waals surface area contributed by atoms with E-state index in [0.29, 0.717) is 6.07 Å². The highest BCUT2D eigenvalue weighted by Gasteiger charge is 2.50. The molecule has 1 aromatic carbocycles. The summed E-state index contributed by atoms with van der Waals surface area (Å²) >= 11 is 0. The molecule has 2 bridgehead atoms. The first-order valence-corrected chi connectivity index (χ1v) is 12.3. The minimum absolute atomic E-state index is 0.0282. The first-order valence-electron chi connectivity index (χ1n) is 8.95. The Balaban J connectivity index is 2.21. The number of halogens is 3. The zero-order chi connectivity index (χ0) is 24.2. The van der Waals surface area contributed by atoms with Gasteiger partial charge in [-0.15, -0.1) is 0 Å². The number of carbonyl (C=O) groups excluding carboxylic acids is 2. The molecule has 0 aliphatic heterocycles. The number of alkyl halides is 3. The summed E-state index contributed by atoms with van der Waals surface area (Å²) in [5, 5.41) is 11.4. The molecule has 2 atom stereocenters. The summed E-state index contributed by atoms with van der Waals surface area (Å²) in [6.07, 6.45) is 1.13. The lowest BCUT2D eigenvalue weighted by molar-refractivity contribution is -0.385. The molecule has 2 aliphatic rings. The molecule has 174 valence electrons. The monoisotopic (exact) mass is 496 g/mol. The molecule has 1 saturated carbocycles. The van der Waals surface area contributed by atoms with Gasteiger partial charge in [0.2, 0.25) is 5.78 Å². The number of nitro groups is 1. The van der Waals surface area contributed by atoms with Gasteiger partial charge >= 0.3 is 15.5 Å². The third-order valence-corrected chi connectivity index (χ3v) is 7.55. The van der Waals surface area contributed by atoms with Crippen molar-refractivity contribution in [3.05, 3.63) is 45.1 Å². The van der Waals surface area contributed by atoms with Gasteiger partial charge in [-0.1, -0.05) is 0 Å². The maximum atomic E-state index is 13.1. The van der Waals surface area contributed by atoms with Crippen molar-refractivity contribution in [2.24, 2.45) is 11.8 Å². The van der Waals surface area contributed by atoms with Crippen LogP contribution in [0.15, 0.2) is 34.4 Å². The van der Waals surface area contributed by atoms with Crippen LogP contribution in [0.3, 0.4) is 0 Å². The standard InChI is InChI=1S/C17H15F3N2O8S2/c1-31(27,28)10-4-5-11(12(7-10)22(25)26)16(24)13-14(21-32(29,30)17(18,19)20)8-2-3-9(6-8)15(13)23/h4-5,7-9,21H,2-3,6H2,1H3. The van der Waals surface area contributed by atoms with Crippen LogP contribution in [-0.4, -0.2) is 45.1 Å². The molecule has 2 unspecified atom stereocenters. The molecule has 0 aromatic heterocycles. The lowest BCUT2D eigenvalue weighted by Crippen LogP contribution is -2.41. The van der Waals surface area contributed by atoms with E-state index in [1.807, 2.05) is 0 Å². The van der Waals surface area contributed by atoms with Crippen molar-refractivity contribution >= 4 is 37.1 Å². The predicted octanol–water partition coefficient (Wildman–Crippen LogP) is 1.87. The minimum atomic E-state index is -5.97. The first-order chi connectivity index (χ1) is 14.5. The highest BCUT2D eigenvalue weighted by molar-refractivity contribution is 7.90. The Morgan fingerprint density at radius 2 is 1.75 bits per heavy atom. The predicted molar refractivity (Wildman–Crippen MR) is 102 cm³/mol. The summed E-state index contributed by atoms with van der Waals surface area (Å²) in [4.78, 5) is 35.8. The number of rotatable bonds is 6. The Bertz CT molecular complexity index is 1280. The fourth-order valence-electron chi connectivity index (χ4n) is 3.81. The van der Waals surface area contributed by atoms with Crippen molar-refractivity contribution < 1.29 is 44.5 Å². The quantitative estimate of drug-likeness (QED) is 0.271. The number of allylic oxidation sites excluding steroid dienone is 2. The highest BCUT2D eigenvalue weighted by Crippen LogP contribution is 2.44. The van der Waals surface area contributed by atoms with Gasteiger partial charge in [0.15, 0.2) is 15.6 Å². The Morgan fingerprint density at radius 1 is 1.16 bits per heavy atom. The Hall–Kier alpha value is -2.81. The zero-order valence-electron chi connectivity index (χ0n) is 16.2. The fourth-order valence-corrected chi connectivity index (χ4v) is 5.13. The van der Waals surface area contributed by atoms with E-state index in [1.54, 1.807) is 0 Å². The van der Waals surface area contributed by atoms with Crippen molar-refractivity contribution in [3.63, 3.8) is 0 Å². The SMILES string of the molecule is CS(=O)(=O)c1ccc(C(=O)C2=C(NS(=O)(=O)C(F)(F)F)C3CCC(C3)C2=O)c([N+](=O)[O-])c1. The number of sulfone groups is 1. The van der Waals surface area contributed by atoms with E-state index in [2.05, 4.69) is 0 Å². The van der Waals surface area contributed by atoms with E-state index < -0.39 is 81.1 Å². The summed E-state index contributed by atoms with van der Waals surface area (Å²) in [6, 6.07) is 2.23.